The largest absolute Gasteiger partial charge is 0.494 e. The summed E-state index contributed by atoms with van der Waals surface area (Å²) < 4.78 is 6.03. The predicted octanol–water partition coefficient (Wildman–Crippen LogP) is 4.40. The van der Waals surface area contributed by atoms with Gasteiger partial charge in [0.1, 0.15) is 11.4 Å². The third kappa shape index (κ3) is 3.44. The first-order valence-electron chi connectivity index (χ1n) is 11.7. The van der Waals surface area contributed by atoms with Gasteiger partial charge in [-0.1, -0.05) is 18.6 Å². The molecule has 1 aliphatic heterocycles. The Hall–Kier alpha value is -1.91. The van der Waals surface area contributed by atoms with Gasteiger partial charge in [0.25, 0.3) is 0 Å². The quantitative estimate of drug-likeness (QED) is 0.800. The minimum atomic E-state index is -0.789. The average Bonchev–Trinajstić information content (AvgIpc) is 3.17. The number of nitrogens with zero attached hydrogens (tertiary/aromatic N) is 2. The van der Waals surface area contributed by atoms with Crippen LogP contribution in [0.15, 0.2) is 30.5 Å². The number of aryl methyl sites for hydroxylation is 3. The van der Waals surface area contributed by atoms with Crippen molar-refractivity contribution in [3.05, 3.63) is 58.4 Å². The third-order valence-corrected chi connectivity index (χ3v) is 7.60. The lowest BCUT2D eigenvalue weighted by atomic mass is 9.64. The summed E-state index contributed by atoms with van der Waals surface area (Å²) in [5.74, 6) is 1.54. The van der Waals surface area contributed by atoms with Crippen molar-refractivity contribution in [1.29, 1.82) is 0 Å². The lowest BCUT2D eigenvalue weighted by molar-refractivity contribution is -0.151. The fourth-order valence-corrected chi connectivity index (χ4v) is 6.10. The molecule has 2 fully saturated rings. The van der Waals surface area contributed by atoms with E-state index in [4.69, 9.17) is 4.74 Å². The Bertz CT molecular complexity index is 894. The van der Waals surface area contributed by atoms with Gasteiger partial charge in [-0.3, -0.25) is 9.88 Å². The minimum absolute atomic E-state index is 0.241. The molecule has 4 heteroatoms. The fourth-order valence-electron chi connectivity index (χ4n) is 6.10. The van der Waals surface area contributed by atoms with Gasteiger partial charge in [-0.2, -0.15) is 0 Å². The van der Waals surface area contributed by atoms with Crippen LogP contribution in [0.3, 0.4) is 0 Å². The van der Waals surface area contributed by atoms with Crippen molar-refractivity contribution in [3.63, 3.8) is 0 Å². The van der Waals surface area contributed by atoms with Gasteiger partial charge in [0.15, 0.2) is 0 Å². The number of fused-ring (bicyclic) bond motifs is 3. The van der Waals surface area contributed by atoms with Gasteiger partial charge in [-0.25, -0.2) is 0 Å². The average molecular weight is 407 g/mol. The van der Waals surface area contributed by atoms with Crippen LogP contribution >= 0.6 is 0 Å². The summed E-state index contributed by atoms with van der Waals surface area (Å²) in [7, 11) is 0. The van der Waals surface area contributed by atoms with Crippen molar-refractivity contribution >= 4 is 0 Å². The zero-order valence-electron chi connectivity index (χ0n) is 18.4. The predicted molar refractivity (Wildman–Crippen MR) is 119 cm³/mol. The van der Waals surface area contributed by atoms with E-state index in [2.05, 4.69) is 41.9 Å². The molecule has 1 saturated heterocycles. The van der Waals surface area contributed by atoms with Crippen LogP contribution in [0, 0.1) is 18.8 Å². The summed E-state index contributed by atoms with van der Waals surface area (Å²) in [6, 6.07) is 8.81. The number of hydrogen-bond donors (Lipinski definition) is 1. The molecule has 4 nitrogen and oxygen atoms in total. The van der Waals surface area contributed by atoms with Gasteiger partial charge >= 0.3 is 0 Å². The first kappa shape index (κ1) is 20.0. The second-order valence-electron chi connectivity index (χ2n) is 9.58. The Morgan fingerprint density at radius 1 is 1.10 bits per heavy atom. The van der Waals surface area contributed by atoms with Gasteiger partial charge in [0, 0.05) is 43.2 Å². The Morgan fingerprint density at radius 3 is 2.50 bits per heavy atom. The number of likely N-dealkylation sites (tertiary alicyclic amines) is 1. The van der Waals surface area contributed by atoms with Crippen molar-refractivity contribution in [3.8, 4) is 5.75 Å². The summed E-state index contributed by atoms with van der Waals surface area (Å²) in [5.41, 5.74) is 5.52. The second kappa shape index (κ2) is 7.97. The van der Waals surface area contributed by atoms with Crippen LogP contribution < -0.4 is 4.74 Å². The smallest absolute Gasteiger partial charge is 0.124 e. The van der Waals surface area contributed by atoms with Crippen LogP contribution in [0.25, 0.3) is 0 Å². The molecule has 1 aromatic carbocycles. The maximum atomic E-state index is 11.8. The van der Waals surface area contributed by atoms with E-state index in [-0.39, 0.29) is 11.8 Å². The van der Waals surface area contributed by atoms with E-state index in [1.54, 1.807) is 0 Å². The maximum Gasteiger partial charge on any atom is 0.124 e. The van der Waals surface area contributed by atoms with Crippen LogP contribution in [-0.4, -0.2) is 34.7 Å². The number of aromatic nitrogens is 1. The maximum absolute atomic E-state index is 11.8. The van der Waals surface area contributed by atoms with Crippen molar-refractivity contribution in [2.24, 2.45) is 11.8 Å². The Kier molecular flexibility index (Phi) is 5.32. The van der Waals surface area contributed by atoms with Crippen molar-refractivity contribution in [1.82, 2.24) is 9.88 Å². The summed E-state index contributed by atoms with van der Waals surface area (Å²) in [6.07, 6.45) is 8.88. The molecule has 0 spiro atoms. The minimum Gasteiger partial charge on any atom is -0.494 e. The molecule has 1 aromatic heterocycles. The summed E-state index contributed by atoms with van der Waals surface area (Å²) in [6.45, 7) is 7.58. The zero-order valence-corrected chi connectivity index (χ0v) is 18.4. The molecule has 0 unspecified atom stereocenters. The van der Waals surface area contributed by atoms with E-state index in [0.717, 1.165) is 49.5 Å². The van der Waals surface area contributed by atoms with E-state index in [9.17, 15) is 5.11 Å². The Morgan fingerprint density at radius 2 is 1.83 bits per heavy atom. The first-order chi connectivity index (χ1) is 14.6. The Labute approximate surface area is 180 Å². The number of rotatable bonds is 5. The molecule has 1 saturated carbocycles. The molecule has 1 N–H and O–H groups in total. The monoisotopic (exact) mass is 406 g/mol. The molecule has 30 heavy (non-hydrogen) atoms. The molecular weight excluding hydrogens is 372 g/mol. The molecule has 0 amide bonds. The highest BCUT2D eigenvalue weighted by molar-refractivity contribution is 5.45. The van der Waals surface area contributed by atoms with Crippen LogP contribution in [0.2, 0.25) is 0 Å². The number of benzene rings is 1. The van der Waals surface area contributed by atoms with Crippen LogP contribution in [-0.2, 0) is 25.0 Å². The van der Waals surface area contributed by atoms with Gasteiger partial charge in [0.05, 0.1) is 12.3 Å². The number of ether oxygens (including phenoxy) is 1. The van der Waals surface area contributed by atoms with Crippen molar-refractivity contribution < 1.29 is 9.84 Å². The van der Waals surface area contributed by atoms with Gasteiger partial charge < -0.3 is 9.84 Å². The molecule has 2 aliphatic carbocycles. The van der Waals surface area contributed by atoms with Gasteiger partial charge in [-0.15, -0.1) is 0 Å². The molecule has 5 rings (SSSR count). The summed E-state index contributed by atoms with van der Waals surface area (Å²) in [5, 5.41) is 11.8. The number of hydrogen-bond acceptors (Lipinski definition) is 4. The zero-order chi connectivity index (χ0) is 20.7. The first-order valence-corrected chi connectivity index (χ1v) is 11.7. The molecule has 2 bridgehead atoms. The summed E-state index contributed by atoms with van der Waals surface area (Å²) in [4.78, 5) is 7.21. The molecule has 2 heterocycles. The molecular formula is C26H34N2O2. The van der Waals surface area contributed by atoms with E-state index in [0.29, 0.717) is 6.61 Å². The molecule has 3 aliphatic rings. The highest BCUT2D eigenvalue weighted by Gasteiger charge is 2.52. The van der Waals surface area contributed by atoms with Gasteiger partial charge in [0.2, 0.25) is 0 Å². The van der Waals surface area contributed by atoms with Crippen LogP contribution in [0.1, 0.15) is 60.6 Å². The second-order valence-corrected chi connectivity index (χ2v) is 9.58. The standard InChI is InChI=1S/C26H34N2O2/c1-3-30-24-13-20-7-4-6-19(20)12-21(24)15-28-16-22-8-5-9-23(17-28)26(22,29)25-11-10-18(2)14-27-25/h10-14,22-23,29H,3-9,15-17H2,1-2H3/t22-,23-/m0/s1. The fraction of sp³-hybridized carbons (Fsp3) is 0.577. The topological polar surface area (TPSA) is 45.6 Å². The van der Waals surface area contributed by atoms with E-state index >= 15 is 0 Å². The lowest BCUT2D eigenvalue weighted by Crippen LogP contribution is -2.58. The van der Waals surface area contributed by atoms with E-state index < -0.39 is 5.60 Å². The Balaban J connectivity index is 1.40. The number of piperidine rings is 1. The summed E-state index contributed by atoms with van der Waals surface area (Å²) >= 11 is 0. The number of aliphatic hydroxyl groups is 1. The van der Waals surface area contributed by atoms with Crippen molar-refractivity contribution in [2.45, 2.75) is 64.5 Å². The van der Waals surface area contributed by atoms with Crippen LogP contribution in [0.4, 0.5) is 0 Å². The van der Waals surface area contributed by atoms with E-state index in [1.807, 2.05) is 12.3 Å². The van der Waals surface area contributed by atoms with Gasteiger partial charge in [-0.05, 0) is 74.8 Å². The normalized spacial score (nSPS) is 28.4. The number of pyridine rings is 1. The van der Waals surface area contributed by atoms with E-state index in [1.165, 1.54) is 42.4 Å². The third-order valence-electron chi connectivity index (χ3n) is 7.60. The lowest BCUT2D eigenvalue weighted by Gasteiger charge is -2.52. The van der Waals surface area contributed by atoms with Crippen molar-refractivity contribution in [2.75, 3.05) is 19.7 Å². The molecule has 160 valence electrons. The molecule has 0 radical (unpaired) electrons. The highest BCUT2D eigenvalue weighted by atomic mass is 16.5. The molecule has 2 aromatic rings. The SMILES string of the molecule is CCOc1cc2c(cc1CN1C[C@@H]3CCC[C@@H](C1)C3(O)c1ccc(C)cn1)CCC2. The highest BCUT2D eigenvalue weighted by Crippen LogP contribution is 2.49. The van der Waals surface area contributed by atoms with Crippen LogP contribution in [0.5, 0.6) is 5.75 Å². The molecule has 2 atom stereocenters.